The quantitative estimate of drug-likeness (QED) is 0.388. The summed E-state index contributed by atoms with van der Waals surface area (Å²) in [6, 6.07) is -0.230. The topological polar surface area (TPSA) is 75.4 Å². The van der Waals surface area contributed by atoms with Crippen LogP contribution in [0.15, 0.2) is 0 Å². The van der Waals surface area contributed by atoms with Gasteiger partial charge in [0.2, 0.25) is 0 Å². The molecule has 0 heterocycles. The third-order valence-electron chi connectivity index (χ3n) is 1.88. The normalized spacial score (nSPS) is 15.4. The number of carbonyl (C=O) groups excluding carboxylic acids is 1. The third kappa shape index (κ3) is 6.69. The maximum Gasteiger partial charge on any atom is 0.146 e. The Morgan fingerprint density at radius 2 is 2.15 bits per heavy atom. The predicted octanol–water partition coefficient (Wildman–Crippen LogP) is 0.000900. The first kappa shape index (κ1) is 12.6. The second-order valence-electron chi connectivity index (χ2n) is 3.29. The molecule has 0 saturated heterocycles. The maximum atomic E-state index is 11.1. The summed E-state index contributed by atoms with van der Waals surface area (Å²) < 4.78 is 0. The van der Waals surface area contributed by atoms with Crippen molar-refractivity contribution in [3.05, 3.63) is 0 Å². The van der Waals surface area contributed by atoms with Crippen LogP contribution in [0.4, 0.5) is 0 Å². The lowest BCUT2D eigenvalue weighted by Crippen LogP contribution is -2.41. The Balaban J connectivity index is 3.74. The van der Waals surface area contributed by atoms with E-state index < -0.39 is 6.23 Å². The first-order chi connectivity index (χ1) is 6.07. The lowest BCUT2D eigenvalue weighted by molar-refractivity contribution is -0.120. The van der Waals surface area contributed by atoms with Gasteiger partial charge in [0, 0.05) is 0 Å². The molecule has 0 aliphatic rings. The highest BCUT2D eigenvalue weighted by molar-refractivity contribution is 5.81. The molecule has 0 rings (SSSR count). The van der Waals surface area contributed by atoms with Gasteiger partial charge in [0.25, 0.3) is 0 Å². The predicted molar refractivity (Wildman–Crippen MR) is 52.2 cm³/mol. The highest BCUT2D eigenvalue weighted by atomic mass is 16.3. The Labute approximate surface area is 79.5 Å². The van der Waals surface area contributed by atoms with Gasteiger partial charge in [0.15, 0.2) is 0 Å². The Kier molecular flexibility index (Phi) is 6.76. The van der Waals surface area contributed by atoms with Gasteiger partial charge in [-0.25, -0.2) is 0 Å². The zero-order chi connectivity index (χ0) is 10.3. The van der Waals surface area contributed by atoms with E-state index in [0.29, 0.717) is 6.54 Å². The monoisotopic (exact) mass is 188 g/mol. The van der Waals surface area contributed by atoms with Crippen LogP contribution in [0, 0.1) is 0 Å². The molecule has 0 bridgehead atoms. The molecule has 0 aromatic heterocycles. The van der Waals surface area contributed by atoms with Crippen molar-refractivity contribution in [2.75, 3.05) is 6.54 Å². The molecule has 0 spiro atoms. The molecule has 4 heteroatoms. The number of carbonyl (C=O) groups is 1. The van der Waals surface area contributed by atoms with Crippen LogP contribution in [0.3, 0.4) is 0 Å². The first-order valence-electron chi connectivity index (χ1n) is 4.72. The van der Waals surface area contributed by atoms with Gasteiger partial charge >= 0.3 is 0 Å². The highest BCUT2D eigenvalue weighted by Crippen LogP contribution is 2.02. The van der Waals surface area contributed by atoms with E-state index in [1.807, 2.05) is 0 Å². The number of aliphatic hydroxyl groups is 1. The Bertz CT molecular complexity index is 149. The minimum absolute atomic E-state index is 0.0675. The van der Waals surface area contributed by atoms with Crippen molar-refractivity contribution in [2.24, 2.45) is 5.73 Å². The Morgan fingerprint density at radius 1 is 1.54 bits per heavy atom. The van der Waals surface area contributed by atoms with Crippen LogP contribution in [-0.2, 0) is 4.79 Å². The van der Waals surface area contributed by atoms with Gasteiger partial charge in [0.05, 0.1) is 6.04 Å². The number of hydrogen-bond donors (Lipinski definition) is 3. The van der Waals surface area contributed by atoms with Crippen LogP contribution in [0.5, 0.6) is 0 Å². The molecule has 0 saturated carbocycles. The molecule has 0 fully saturated rings. The summed E-state index contributed by atoms with van der Waals surface area (Å²) in [5, 5.41) is 11.8. The summed E-state index contributed by atoms with van der Waals surface area (Å²) in [4.78, 5) is 11.1. The SMILES string of the molecule is CC(=O)C(CCCCN)NC(C)O. The summed E-state index contributed by atoms with van der Waals surface area (Å²) in [6.07, 6.45) is 1.95. The van der Waals surface area contributed by atoms with Crippen molar-refractivity contribution in [1.82, 2.24) is 5.32 Å². The van der Waals surface area contributed by atoms with Crippen molar-refractivity contribution < 1.29 is 9.90 Å². The average Bonchev–Trinajstić information content (AvgIpc) is 2.02. The zero-order valence-corrected chi connectivity index (χ0v) is 8.42. The van der Waals surface area contributed by atoms with Crippen molar-refractivity contribution in [3.8, 4) is 0 Å². The van der Waals surface area contributed by atoms with Gasteiger partial charge in [-0.05, 0) is 33.2 Å². The maximum absolute atomic E-state index is 11.1. The van der Waals surface area contributed by atoms with Crippen molar-refractivity contribution in [1.29, 1.82) is 0 Å². The average molecular weight is 188 g/mol. The van der Waals surface area contributed by atoms with Gasteiger partial charge in [-0.1, -0.05) is 6.42 Å². The van der Waals surface area contributed by atoms with Crippen molar-refractivity contribution >= 4 is 5.78 Å². The molecule has 0 aliphatic carbocycles. The van der Waals surface area contributed by atoms with Gasteiger partial charge in [0.1, 0.15) is 12.0 Å². The molecule has 0 aliphatic heterocycles. The van der Waals surface area contributed by atoms with Crippen LogP contribution >= 0.6 is 0 Å². The lowest BCUT2D eigenvalue weighted by Gasteiger charge is -2.17. The smallest absolute Gasteiger partial charge is 0.146 e. The number of nitrogens with two attached hydrogens (primary N) is 1. The van der Waals surface area contributed by atoms with E-state index in [2.05, 4.69) is 5.32 Å². The third-order valence-corrected chi connectivity index (χ3v) is 1.88. The number of Topliss-reactive ketones (excluding diaryl/α,β-unsaturated/α-hetero) is 1. The zero-order valence-electron chi connectivity index (χ0n) is 8.42. The molecule has 0 amide bonds. The van der Waals surface area contributed by atoms with Gasteiger partial charge < -0.3 is 10.8 Å². The summed E-state index contributed by atoms with van der Waals surface area (Å²) in [6.45, 7) is 3.79. The number of unbranched alkanes of at least 4 members (excludes halogenated alkanes) is 1. The molecular formula is C9H20N2O2. The van der Waals surface area contributed by atoms with Crippen LogP contribution in [0.1, 0.15) is 33.1 Å². The van der Waals surface area contributed by atoms with E-state index >= 15 is 0 Å². The number of nitrogens with one attached hydrogen (secondary N) is 1. The minimum atomic E-state index is -0.633. The molecule has 4 nitrogen and oxygen atoms in total. The molecule has 4 N–H and O–H groups in total. The van der Waals surface area contributed by atoms with E-state index in [0.717, 1.165) is 19.3 Å². The molecule has 2 atom stereocenters. The van der Waals surface area contributed by atoms with Gasteiger partial charge in [-0.2, -0.15) is 0 Å². The van der Waals surface area contributed by atoms with Crippen molar-refractivity contribution in [3.63, 3.8) is 0 Å². The second kappa shape index (κ2) is 7.00. The molecule has 2 unspecified atom stereocenters. The Morgan fingerprint density at radius 3 is 2.54 bits per heavy atom. The van der Waals surface area contributed by atoms with E-state index in [1.165, 1.54) is 6.92 Å². The molecule has 0 radical (unpaired) electrons. The summed E-state index contributed by atoms with van der Waals surface area (Å²) in [5.74, 6) is 0.0675. The van der Waals surface area contributed by atoms with Gasteiger partial charge in [-0.3, -0.25) is 10.1 Å². The van der Waals surface area contributed by atoms with Crippen LogP contribution < -0.4 is 11.1 Å². The fourth-order valence-corrected chi connectivity index (χ4v) is 1.19. The molecule has 0 aromatic rings. The second-order valence-corrected chi connectivity index (χ2v) is 3.29. The summed E-state index contributed by atoms with van der Waals surface area (Å²) >= 11 is 0. The molecular weight excluding hydrogens is 168 g/mol. The van der Waals surface area contributed by atoms with E-state index in [4.69, 9.17) is 10.8 Å². The van der Waals surface area contributed by atoms with Crippen LogP contribution in [-0.4, -0.2) is 29.7 Å². The number of ketones is 1. The molecule has 0 aromatic carbocycles. The number of rotatable bonds is 7. The fourth-order valence-electron chi connectivity index (χ4n) is 1.19. The first-order valence-corrected chi connectivity index (χ1v) is 4.72. The fraction of sp³-hybridized carbons (Fsp3) is 0.889. The number of hydrogen-bond acceptors (Lipinski definition) is 4. The lowest BCUT2D eigenvalue weighted by atomic mass is 10.1. The van der Waals surface area contributed by atoms with E-state index in [9.17, 15) is 4.79 Å². The van der Waals surface area contributed by atoms with Crippen LogP contribution in [0.25, 0.3) is 0 Å². The number of aliphatic hydroxyl groups excluding tert-OH is 1. The standard InChI is InChI=1S/C9H20N2O2/c1-7(12)9(11-8(2)13)5-3-4-6-10/h8-9,11,13H,3-6,10H2,1-2H3. The molecule has 78 valence electrons. The Hall–Kier alpha value is -0.450. The summed E-state index contributed by atoms with van der Waals surface area (Å²) in [7, 11) is 0. The minimum Gasteiger partial charge on any atom is -0.379 e. The highest BCUT2D eigenvalue weighted by Gasteiger charge is 2.14. The summed E-state index contributed by atoms with van der Waals surface area (Å²) in [5.41, 5.74) is 5.34. The molecule has 13 heavy (non-hydrogen) atoms. The van der Waals surface area contributed by atoms with Gasteiger partial charge in [-0.15, -0.1) is 0 Å². The van der Waals surface area contributed by atoms with E-state index in [1.54, 1.807) is 6.92 Å². The van der Waals surface area contributed by atoms with E-state index in [-0.39, 0.29) is 11.8 Å². The van der Waals surface area contributed by atoms with Crippen LogP contribution in [0.2, 0.25) is 0 Å². The van der Waals surface area contributed by atoms with Crippen molar-refractivity contribution in [2.45, 2.75) is 45.4 Å². The largest absolute Gasteiger partial charge is 0.379 e.